The van der Waals surface area contributed by atoms with Gasteiger partial charge in [0.2, 0.25) is 0 Å². The van der Waals surface area contributed by atoms with E-state index in [0.717, 1.165) is 5.82 Å². The SMILES string of the molecule is N/C(=N/O)c1ccnc(N2CCOC(CO)C2)c1. The highest BCUT2D eigenvalue weighted by atomic mass is 16.5. The number of oxime groups is 1. The number of aromatic nitrogens is 1. The number of pyridine rings is 1. The van der Waals surface area contributed by atoms with Gasteiger partial charge in [0, 0.05) is 24.8 Å². The Kier molecular flexibility index (Phi) is 3.96. The van der Waals surface area contributed by atoms with Gasteiger partial charge in [-0.15, -0.1) is 0 Å². The Labute approximate surface area is 104 Å². The van der Waals surface area contributed by atoms with Crippen molar-refractivity contribution >= 4 is 11.7 Å². The first-order valence-corrected chi connectivity index (χ1v) is 5.66. The Morgan fingerprint density at radius 1 is 1.67 bits per heavy atom. The van der Waals surface area contributed by atoms with Crippen molar-refractivity contribution in [3.63, 3.8) is 0 Å². The molecule has 0 radical (unpaired) electrons. The number of rotatable bonds is 3. The standard InChI is InChI=1S/C11H16N4O3/c12-11(14-17)8-1-2-13-10(5-8)15-3-4-18-9(6-15)7-16/h1-2,5,9,16-17H,3-4,6-7H2,(H2,12,14). The van der Waals surface area contributed by atoms with Gasteiger partial charge in [-0.1, -0.05) is 5.16 Å². The maximum Gasteiger partial charge on any atom is 0.170 e. The molecule has 0 saturated carbocycles. The third-order valence-electron chi connectivity index (χ3n) is 2.82. The Hall–Kier alpha value is -1.86. The van der Waals surface area contributed by atoms with Crippen molar-refractivity contribution in [2.75, 3.05) is 31.2 Å². The van der Waals surface area contributed by atoms with Crippen molar-refractivity contribution in [1.29, 1.82) is 0 Å². The van der Waals surface area contributed by atoms with E-state index in [1.165, 1.54) is 0 Å². The molecule has 1 atom stereocenters. The van der Waals surface area contributed by atoms with Gasteiger partial charge in [-0.25, -0.2) is 4.98 Å². The zero-order valence-corrected chi connectivity index (χ0v) is 9.86. The van der Waals surface area contributed by atoms with Crippen LogP contribution in [0.25, 0.3) is 0 Å². The van der Waals surface area contributed by atoms with Crippen LogP contribution >= 0.6 is 0 Å². The van der Waals surface area contributed by atoms with Gasteiger partial charge in [0.05, 0.1) is 19.3 Å². The topological polar surface area (TPSA) is 104 Å². The van der Waals surface area contributed by atoms with Crippen LogP contribution in [0.5, 0.6) is 0 Å². The van der Waals surface area contributed by atoms with Crippen LogP contribution in [0.1, 0.15) is 5.56 Å². The van der Waals surface area contributed by atoms with Crippen LogP contribution in [0.15, 0.2) is 23.5 Å². The summed E-state index contributed by atoms with van der Waals surface area (Å²) < 4.78 is 5.37. The molecule has 0 spiro atoms. The number of aliphatic hydroxyl groups excluding tert-OH is 1. The Morgan fingerprint density at radius 2 is 2.50 bits per heavy atom. The zero-order chi connectivity index (χ0) is 13.0. The van der Waals surface area contributed by atoms with Crippen molar-refractivity contribution in [2.45, 2.75) is 6.10 Å². The fourth-order valence-corrected chi connectivity index (χ4v) is 1.85. The van der Waals surface area contributed by atoms with Gasteiger partial charge in [-0.05, 0) is 12.1 Å². The van der Waals surface area contributed by atoms with Gasteiger partial charge in [-0.2, -0.15) is 0 Å². The van der Waals surface area contributed by atoms with Crippen LogP contribution in [0, 0.1) is 0 Å². The van der Waals surface area contributed by atoms with Crippen molar-refractivity contribution in [1.82, 2.24) is 4.98 Å². The fourth-order valence-electron chi connectivity index (χ4n) is 1.85. The maximum atomic E-state index is 9.09. The predicted molar refractivity (Wildman–Crippen MR) is 65.8 cm³/mol. The molecule has 1 saturated heterocycles. The first kappa shape index (κ1) is 12.6. The van der Waals surface area contributed by atoms with Crippen LogP contribution < -0.4 is 10.6 Å². The Balaban J connectivity index is 2.17. The molecule has 1 aliphatic rings. The number of hydrogen-bond donors (Lipinski definition) is 3. The third kappa shape index (κ3) is 2.69. The van der Waals surface area contributed by atoms with Gasteiger partial charge in [0.25, 0.3) is 0 Å². The minimum atomic E-state index is -0.201. The first-order valence-electron chi connectivity index (χ1n) is 5.66. The van der Waals surface area contributed by atoms with Gasteiger partial charge in [0.15, 0.2) is 5.84 Å². The van der Waals surface area contributed by atoms with E-state index in [0.29, 0.717) is 25.3 Å². The number of ether oxygens (including phenoxy) is 1. The molecule has 0 amide bonds. The van der Waals surface area contributed by atoms with Crippen LogP contribution in [-0.4, -0.2) is 53.5 Å². The minimum Gasteiger partial charge on any atom is -0.409 e. The molecule has 1 aliphatic heterocycles. The quantitative estimate of drug-likeness (QED) is 0.286. The normalized spacial score (nSPS) is 21.1. The molecule has 18 heavy (non-hydrogen) atoms. The molecule has 7 nitrogen and oxygen atoms in total. The maximum absolute atomic E-state index is 9.09. The predicted octanol–water partition coefficient (Wildman–Crippen LogP) is -0.626. The van der Waals surface area contributed by atoms with E-state index in [4.69, 9.17) is 20.8 Å². The van der Waals surface area contributed by atoms with E-state index in [1.54, 1.807) is 18.3 Å². The summed E-state index contributed by atoms with van der Waals surface area (Å²) >= 11 is 0. The van der Waals surface area contributed by atoms with E-state index in [-0.39, 0.29) is 18.5 Å². The fraction of sp³-hybridized carbons (Fsp3) is 0.455. The molecule has 2 heterocycles. The molecular formula is C11H16N4O3. The average Bonchev–Trinajstić information content (AvgIpc) is 2.46. The molecule has 4 N–H and O–H groups in total. The molecule has 98 valence electrons. The van der Waals surface area contributed by atoms with E-state index in [2.05, 4.69) is 10.1 Å². The van der Waals surface area contributed by atoms with E-state index in [1.807, 2.05) is 4.90 Å². The Bertz CT molecular complexity index is 438. The largest absolute Gasteiger partial charge is 0.409 e. The molecule has 1 aromatic rings. The molecule has 1 aromatic heterocycles. The second-order valence-electron chi connectivity index (χ2n) is 4.01. The number of hydrogen-bond acceptors (Lipinski definition) is 6. The number of nitrogens with zero attached hydrogens (tertiary/aromatic N) is 3. The molecule has 1 unspecified atom stereocenters. The van der Waals surface area contributed by atoms with E-state index >= 15 is 0 Å². The minimum absolute atomic E-state index is 0.0174. The highest BCUT2D eigenvalue weighted by molar-refractivity contribution is 5.97. The summed E-state index contributed by atoms with van der Waals surface area (Å²) in [4.78, 5) is 6.24. The second-order valence-corrected chi connectivity index (χ2v) is 4.01. The summed E-state index contributed by atoms with van der Waals surface area (Å²) in [6.07, 6.45) is 1.40. The Morgan fingerprint density at radius 3 is 3.22 bits per heavy atom. The summed E-state index contributed by atoms with van der Waals surface area (Å²) in [6, 6.07) is 3.41. The molecule has 2 rings (SSSR count). The summed E-state index contributed by atoms with van der Waals surface area (Å²) in [5.74, 6) is 0.770. The highest BCUT2D eigenvalue weighted by Crippen LogP contribution is 2.16. The highest BCUT2D eigenvalue weighted by Gasteiger charge is 2.21. The number of amidine groups is 1. The van der Waals surface area contributed by atoms with Crippen LogP contribution in [-0.2, 0) is 4.74 Å². The summed E-state index contributed by atoms with van der Waals surface area (Å²) in [5, 5.41) is 20.7. The summed E-state index contributed by atoms with van der Waals surface area (Å²) in [7, 11) is 0. The molecule has 1 fully saturated rings. The lowest BCUT2D eigenvalue weighted by molar-refractivity contribution is 0.00336. The van der Waals surface area contributed by atoms with Crippen LogP contribution in [0.3, 0.4) is 0 Å². The van der Waals surface area contributed by atoms with Gasteiger partial charge < -0.3 is 25.7 Å². The lowest BCUT2D eigenvalue weighted by Gasteiger charge is -2.32. The van der Waals surface area contributed by atoms with Crippen LogP contribution in [0.4, 0.5) is 5.82 Å². The third-order valence-corrected chi connectivity index (χ3v) is 2.82. The lowest BCUT2D eigenvalue weighted by atomic mass is 10.2. The average molecular weight is 252 g/mol. The summed E-state index contributed by atoms with van der Waals surface area (Å²) in [6.45, 7) is 1.80. The monoisotopic (exact) mass is 252 g/mol. The molecule has 0 aliphatic carbocycles. The molecule has 0 aromatic carbocycles. The van der Waals surface area contributed by atoms with Gasteiger partial charge in [0.1, 0.15) is 5.82 Å². The first-order chi connectivity index (χ1) is 8.74. The zero-order valence-electron chi connectivity index (χ0n) is 9.86. The number of anilines is 1. The van der Waals surface area contributed by atoms with Crippen molar-refractivity contribution in [3.8, 4) is 0 Å². The second kappa shape index (κ2) is 5.65. The van der Waals surface area contributed by atoms with E-state index in [9.17, 15) is 0 Å². The van der Waals surface area contributed by atoms with Gasteiger partial charge >= 0.3 is 0 Å². The summed E-state index contributed by atoms with van der Waals surface area (Å²) in [5.41, 5.74) is 6.14. The lowest BCUT2D eigenvalue weighted by Crippen LogP contribution is -2.44. The van der Waals surface area contributed by atoms with Crippen molar-refractivity contribution < 1.29 is 15.1 Å². The van der Waals surface area contributed by atoms with Crippen LogP contribution in [0.2, 0.25) is 0 Å². The number of morpholine rings is 1. The van der Waals surface area contributed by atoms with Crippen molar-refractivity contribution in [3.05, 3.63) is 23.9 Å². The number of aliphatic hydroxyl groups is 1. The molecule has 0 bridgehead atoms. The van der Waals surface area contributed by atoms with E-state index < -0.39 is 0 Å². The number of nitrogens with two attached hydrogens (primary N) is 1. The van der Waals surface area contributed by atoms with Gasteiger partial charge in [-0.3, -0.25) is 0 Å². The smallest absolute Gasteiger partial charge is 0.170 e. The molecular weight excluding hydrogens is 236 g/mol. The van der Waals surface area contributed by atoms with Crippen molar-refractivity contribution in [2.24, 2.45) is 10.9 Å². The molecule has 7 heteroatoms.